The molecule has 10 nitrogen and oxygen atoms in total. The molecule has 0 saturated carbocycles. The van der Waals surface area contributed by atoms with Gasteiger partial charge < -0.3 is 4.74 Å². The lowest BCUT2D eigenvalue weighted by molar-refractivity contribution is -0.384. The van der Waals surface area contributed by atoms with Crippen molar-refractivity contribution in [3.8, 4) is 16.9 Å². The van der Waals surface area contributed by atoms with Crippen LogP contribution in [0, 0.1) is 10.1 Å². The molecule has 1 atom stereocenters. The minimum atomic E-state index is -0.677. The van der Waals surface area contributed by atoms with Crippen molar-refractivity contribution in [2.24, 2.45) is 4.99 Å². The van der Waals surface area contributed by atoms with E-state index >= 15 is 0 Å². The quantitative estimate of drug-likeness (QED) is 0.168. The molecule has 4 heterocycles. The van der Waals surface area contributed by atoms with Crippen LogP contribution < -0.4 is 14.9 Å². The first kappa shape index (κ1) is 26.3. The minimum Gasteiger partial charge on any atom is -0.466 e. The van der Waals surface area contributed by atoms with Crippen LogP contribution in [0.15, 0.2) is 99.4 Å². The van der Waals surface area contributed by atoms with E-state index in [2.05, 4.69) is 4.99 Å². The molecule has 0 bridgehead atoms. The molecule has 0 aliphatic carbocycles. The third-order valence-corrected chi connectivity index (χ3v) is 8.53. The number of nitrogens with zero attached hydrogens (tertiary/aromatic N) is 5. The van der Waals surface area contributed by atoms with Gasteiger partial charge in [-0.1, -0.05) is 47.7 Å². The van der Waals surface area contributed by atoms with E-state index in [0.717, 1.165) is 10.6 Å². The largest absolute Gasteiger partial charge is 0.466 e. The number of para-hydroxylation sites is 1. The monoisotopic (exact) mass is 583 g/mol. The summed E-state index contributed by atoms with van der Waals surface area (Å²) >= 11 is 2.64. The molecule has 12 heteroatoms. The van der Waals surface area contributed by atoms with Crippen LogP contribution in [0.4, 0.5) is 5.69 Å². The Morgan fingerprint density at radius 3 is 2.63 bits per heavy atom. The van der Waals surface area contributed by atoms with Crippen LogP contribution in [0.25, 0.3) is 23.0 Å². The number of fused-ring (bicyclic) bond motifs is 1. The summed E-state index contributed by atoms with van der Waals surface area (Å²) in [6, 6.07) is 18.7. The van der Waals surface area contributed by atoms with E-state index in [1.165, 1.54) is 46.5 Å². The Morgan fingerprint density at radius 1 is 1.12 bits per heavy atom. The van der Waals surface area contributed by atoms with Crippen molar-refractivity contribution in [2.45, 2.75) is 13.0 Å². The molecular weight excluding hydrogens is 562 g/mol. The number of methoxy groups -OCH3 is 1. The molecule has 5 aromatic rings. The van der Waals surface area contributed by atoms with Gasteiger partial charge in [0.25, 0.3) is 11.2 Å². The number of thiophene rings is 1. The van der Waals surface area contributed by atoms with Crippen LogP contribution in [-0.2, 0) is 9.53 Å². The number of non-ortho nitro benzene ring substituents is 1. The SMILES string of the molecule is COC(=O)C1=C(C)N=c2s/c(=C/c3cn(-c4ccccc4)nc3-c3cccc([N+](=O)[O-])c3)c(=O)n2[C@@H]1c1cccs1. The topological polar surface area (TPSA) is 122 Å². The summed E-state index contributed by atoms with van der Waals surface area (Å²) in [6.07, 6.45) is 3.50. The summed E-state index contributed by atoms with van der Waals surface area (Å²) in [6.45, 7) is 1.73. The highest BCUT2D eigenvalue weighted by Gasteiger charge is 2.33. The van der Waals surface area contributed by atoms with Gasteiger partial charge in [0.1, 0.15) is 11.7 Å². The fraction of sp³-hybridized carbons (Fsp3) is 0.103. The number of nitro benzene ring substituents is 1. The Morgan fingerprint density at radius 2 is 1.93 bits per heavy atom. The fourth-order valence-corrected chi connectivity index (χ4v) is 6.61. The van der Waals surface area contributed by atoms with Crippen LogP contribution in [-0.4, -0.2) is 32.3 Å². The van der Waals surface area contributed by atoms with Crippen LogP contribution >= 0.6 is 22.7 Å². The van der Waals surface area contributed by atoms with Crippen LogP contribution in [0.2, 0.25) is 0 Å². The Labute approximate surface area is 240 Å². The number of carbonyl (C=O) groups is 1. The molecule has 1 aliphatic heterocycles. The van der Waals surface area contributed by atoms with E-state index in [4.69, 9.17) is 9.84 Å². The minimum absolute atomic E-state index is 0.0659. The highest BCUT2D eigenvalue weighted by atomic mass is 32.1. The molecule has 2 aromatic carbocycles. The third kappa shape index (κ3) is 4.72. The second kappa shape index (κ2) is 10.6. The average molecular weight is 584 g/mol. The summed E-state index contributed by atoms with van der Waals surface area (Å²) in [5, 5.41) is 18.1. The lowest BCUT2D eigenvalue weighted by Gasteiger charge is -2.22. The Hall–Kier alpha value is -4.94. The molecule has 0 saturated heterocycles. The summed E-state index contributed by atoms with van der Waals surface area (Å²) in [7, 11) is 1.30. The van der Waals surface area contributed by atoms with Gasteiger partial charge in [-0.15, -0.1) is 11.3 Å². The molecule has 0 unspecified atom stereocenters. The standard InChI is InChI=1S/C29H21N5O5S2/c1-17-24(28(36)39-2)26(22-12-7-13-40-22)33-27(35)23(41-29(33)30-17)15-19-16-32(20-9-4-3-5-10-20)31-25(19)18-8-6-11-21(14-18)34(37)38/h3-16,26H,1-2H3/b23-15+/t26-/m1/s1. The Kier molecular flexibility index (Phi) is 6.77. The first-order valence-electron chi connectivity index (χ1n) is 12.4. The molecule has 204 valence electrons. The first-order chi connectivity index (χ1) is 19.9. The Bertz CT molecular complexity index is 2020. The number of nitro groups is 1. The predicted molar refractivity (Wildman–Crippen MR) is 156 cm³/mol. The fourth-order valence-electron chi connectivity index (χ4n) is 4.75. The normalized spacial score (nSPS) is 15.0. The summed E-state index contributed by atoms with van der Waals surface area (Å²) in [5.74, 6) is -0.545. The van der Waals surface area contributed by atoms with Crippen molar-refractivity contribution in [2.75, 3.05) is 7.11 Å². The number of hydrogen-bond acceptors (Lipinski definition) is 9. The van der Waals surface area contributed by atoms with Gasteiger partial charge in [-0.3, -0.25) is 19.5 Å². The molecule has 0 spiro atoms. The second-order valence-corrected chi connectivity index (χ2v) is 11.1. The van der Waals surface area contributed by atoms with E-state index in [1.807, 2.05) is 47.8 Å². The molecule has 0 amide bonds. The maximum absolute atomic E-state index is 14.0. The zero-order chi connectivity index (χ0) is 28.7. The predicted octanol–water partition coefficient (Wildman–Crippen LogP) is 4.23. The summed E-state index contributed by atoms with van der Waals surface area (Å²) in [5.41, 5.74) is 2.80. The highest BCUT2D eigenvalue weighted by Crippen LogP contribution is 2.33. The lowest BCUT2D eigenvalue weighted by atomic mass is 10.0. The van der Waals surface area contributed by atoms with Crippen LogP contribution in [0.1, 0.15) is 23.4 Å². The number of carbonyl (C=O) groups excluding carboxylic acids is 1. The number of ether oxygens (including phenoxy) is 1. The number of hydrogen-bond donors (Lipinski definition) is 0. The zero-order valence-electron chi connectivity index (χ0n) is 21.8. The van der Waals surface area contributed by atoms with Gasteiger partial charge in [0.2, 0.25) is 0 Å². The molecule has 6 rings (SSSR count). The molecule has 3 aromatic heterocycles. The number of aromatic nitrogens is 3. The van der Waals surface area contributed by atoms with Crippen LogP contribution in [0.5, 0.6) is 0 Å². The van der Waals surface area contributed by atoms with Gasteiger partial charge in [-0.2, -0.15) is 5.10 Å². The summed E-state index contributed by atoms with van der Waals surface area (Å²) < 4.78 is 8.62. The number of allylic oxidation sites excluding steroid dienone is 1. The van der Waals surface area contributed by atoms with Gasteiger partial charge in [0.15, 0.2) is 4.80 Å². The number of thiazole rings is 1. The average Bonchev–Trinajstić information content (AvgIpc) is 3.73. The molecule has 1 aliphatic rings. The van der Waals surface area contributed by atoms with Crippen molar-refractivity contribution >= 4 is 40.4 Å². The van der Waals surface area contributed by atoms with Gasteiger partial charge in [0.05, 0.1) is 33.5 Å². The van der Waals surface area contributed by atoms with Crippen molar-refractivity contribution < 1.29 is 14.5 Å². The van der Waals surface area contributed by atoms with Crippen molar-refractivity contribution in [1.82, 2.24) is 14.3 Å². The molecule has 0 N–H and O–H groups in total. The van der Waals surface area contributed by atoms with Crippen molar-refractivity contribution in [1.29, 1.82) is 0 Å². The number of benzene rings is 2. The van der Waals surface area contributed by atoms with Gasteiger partial charge >= 0.3 is 5.97 Å². The molecule has 0 radical (unpaired) electrons. The Balaban J connectivity index is 1.57. The summed E-state index contributed by atoms with van der Waals surface area (Å²) in [4.78, 5) is 43.6. The van der Waals surface area contributed by atoms with E-state index in [9.17, 15) is 19.7 Å². The van der Waals surface area contributed by atoms with Gasteiger partial charge in [-0.05, 0) is 36.6 Å². The van der Waals surface area contributed by atoms with E-state index < -0.39 is 16.9 Å². The van der Waals surface area contributed by atoms with E-state index in [-0.39, 0.29) is 11.2 Å². The van der Waals surface area contributed by atoms with E-state index in [0.29, 0.717) is 37.4 Å². The number of esters is 1. The van der Waals surface area contributed by atoms with E-state index in [1.54, 1.807) is 36.0 Å². The molecule has 0 fully saturated rings. The molecular formula is C29H21N5O5S2. The third-order valence-electron chi connectivity index (χ3n) is 6.62. The maximum atomic E-state index is 14.0. The first-order valence-corrected chi connectivity index (χ1v) is 14.1. The van der Waals surface area contributed by atoms with Crippen molar-refractivity contribution in [3.63, 3.8) is 0 Å². The van der Waals surface area contributed by atoms with Gasteiger partial charge in [-0.25, -0.2) is 14.5 Å². The second-order valence-electron chi connectivity index (χ2n) is 9.11. The highest BCUT2D eigenvalue weighted by molar-refractivity contribution is 7.10. The smallest absolute Gasteiger partial charge is 0.338 e. The van der Waals surface area contributed by atoms with Crippen molar-refractivity contribution in [3.05, 3.63) is 130 Å². The van der Waals surface area contributed by atoms with Gasteiger partial charge in [0, 0.05) is 34.3 Å². The number of rotatable bonds is 6. The zero-order valence-corrected chi connectivity index (χ0v) is 23.4. The lowest BCUT2D eigenvalue weighted by Crippen LogP contribution is -2.39. The maximum Gasteiger partial charge on any atom is 0.338 e. The van der Waals surface area contributed by atoms with Crippen LogP contribution in [0.3, 0.4) is 0 Å². The molecule has 41 heavy (non-hydrogen) atoms.